The molecule has 0 unspecified atom stereocenters. The summed E-state index contributed by atoms with van der Waals surface area (Å²) in [5, 5.41) is 0. The van der Waals surface area contributed by atoms with Crippen molar-refractivity contribution >= 4 is 17.5 Å². The van der Waals surface area contributed by atoms with Crippen LogP contribution >= 0.6 is 11.6 Å². The molecule has 0 saturated heterocycles. The van der Waals surface area contributed by atoms with Crippen LogP contribution in [0.1, 0.15) is 19.4 Å². The maximum atomic E-state index is 13.0. The van der Waals surface area contributed by atoms with Crippen molar-refractivity contribution < 1.29 is 9.18 Å². The van der Waals surface area contributed by atoms with E-state index in [9.17, 15) is 9.18 Å². The molecular weight excluding hydrogens is 241 g/mol. The normalized spacial score (nSPS) is 11.4. The minimum absolute atomic E-state index is 0.0683. The zero-order chi connectivity index (χ0) is 13.1. The minimum Gasteiger partial charge on any atom is -0.339 e. The highest BCUT2D eigenvalue weighted by Gasteiger charge is 2.26. The average Bonchev–Trinajstić information content (AvgIpc) is 2.28. The van der Waals surface area contributed by atoms with Crippen LogP contribution in [0, 0.1) is 5.82 Å². The van der Waals surface area contributed by atoms with E-state index in [2.05, 4.69) is 0 Å². The van der Waals surface area contributed by atoms with Crippen LogP contribution < -0.4 is 0 Å². The first kappa shape index (κ1) is 14.0. The van der Waals surface area contributed by atoms with E-state index in [0.717, 1.165) is 0 Å². The summed E-state index contributed by atoms with van der Waals surface area (Å²) in [7, 11) is 1.71. The quantitative estimate of drug-likeness (QED) is 0.760. The smallest absolute Gasteiger partial charge is 0.227 e. The van der Waals surface area contributed by atoms with Crippen LogP contribution in [0.4, 0.5) is 4.39 Å². The standard InChI is InChI=1S/C13H17ClFNO/c1-13(2,9-14)16(3)12(17)8-10-5-4-6-11(15)7-10/h4-7H,8-9H2,1-3H3. The van der Waals surface area contributed by atoms with E-state index in [1.807, 2.05) is 13.8 Å². The number of nitrogens with zero attached hydrogens (tertiary/aromatic N) is 1. The Morgan fingerprint density at radius 3 is 2.65 bits per heavy atom. The molecule has 94 valence electrons. The predicted molar refractivity (Wildman–Crippen MR) is 67.7 cm³/mol. The highest BCUT2D eigenvalue weighted by molar-refractivity contribution is 6.18. The molecule has 1 aromatic rings. The van der Waals surface area contributed by atoms with E-state index in [-0.39, 0.29) is 18.1 Å². The van der Waals surface area contributed by atoms with E-state index in [1.165, 1.54) is 12.1 Å². The van der Waals surface area contributed by atoms with Gasteiger partial charge in [0.25, 0.3) is 0 Å². The van der Waals surface area contributed by atoms with Gasteiger partial charge in [0.1, 0.15) is 5.82 Å². The lowest BCUT2D eigenvalue weighted by molar-refractivity contribution is -0.133. The summed E-state index contributed by atoms with van der Waals surface area (Å²) >= 11 is 5.81. The summed E-state index contributed by atoms with van der Waals surface area (Å²) in [4.78, 5) is 13.6. The number of rotatable bonds is 4. The number of hydrogen-bond acceptors (Lipinski definition) is 1. The number of halogens is 2. The molecular formula is C13H17ClFNO. The molecule has 0 fully saturated rings. The third kappa shape index (κ3) is 3.70. The molecule has 0 aliphatic rings. The third-order valence-electron chi connectivity index (χ3n) is 2.85. The average molecular weight is 258 g/mol. The van der Waals surface area contributed by atoms with Gasteiger partial charge in [-0.3, -0.25) is 4.79 Å². The van der Waals surface area contributed by atoms with Crippen molar-refractivity contribution in [1.29, 1.82) is 0 Å². The van der Waals surface area contributed by atoms with Crippen LogP contribution in [0.25, 0.3) is 0 Å². The van der Waals surface area contributed by atoms with Crippen molar-refractivity contribution in [3.05, 3.63) is 35.6 Å². The lowest BCUT2D eigenvalue weighted by Crippen LogP contribution is -2.47. The maximum absolute atomic E-state index is 13.0. The molecule has 0 spiro atoms. The largest absolute Gasteiger partial charge is 0.339 e. The first-order valence-electron chi connectivity index (χ1n) is 5.44. The fraction of sp³-hybridized carbons (Fsp3) is 0.462. The lowest BCUT2D eigenvalue weighted by atomic mass is 10.0. The number of likely N-dealkylation sites (N-methyl/N-ethyl adjacent to an activating group) is 1. The van der Waals surface area contributed by atoms with Gasteiger partial charge < -0.3 is 4.90 Å². The summed E-state index contributed by atoms with van der Waals surface area (Å²) in [5.74, 6) is -0.0333. The Morgan fingerprint density at radius 2 is 2.12 bits per heavy atom. The van der Waals surface area contributed by atoms with Crippen molar-refractivity contribution in [3.63, 3.8) is 0 Å². The number of benzene rings is 1. The van der Waals surface area contributed by atoms with Crippen molar-refractivity contribution in [2.75, 3.05) is 12.9 Å². The first-order chi connectivity index (χ1) is 7.86. The van der Waals surface area contributed by atoms with Crippen molar-refractivity contribution in [2.24, 2.45) is 0 Å². The van der Waals surface area contributed by atoms with Gasteiger partial charge in [-0.05, 0) is 31.5 Å². The second-order valence-electron chi connectivity index (χ2n) is 4.71. The number of amides is 1. The topological polar surface area (TPSA) is 20.3 Å². The Labute approximate surface area is 106 Å². The zero-order valence-electron chi connectivity index (χ0n) is 10.3. The van der Waals surface area contributed by atoms with Gasteiger partial charge in [0.15, 0.2) is 0 Å². The van der Waals surface area contributed by atoms with E-state index >= 15 is 0 Å². The summed E-state index contributed by atoms with van der Waals surface area (Å²) in [6, 6.07) is 6.08. The predicted octanol–water partition coefficient (Wildman–Crippen LogP) is 2.84. The molecule has 2 nitrogen and oxygen atoms in total. The molecule has 0 radical (unpaired) electrons. The second-order valence-corrected chi connectivity index (χ2v) is 4.97. The van der Waals surface area contributed by atoms with Crippen molar-refractivity contribution in [2.45, 2.75) is 25.8 Å². The van der Waals surface area contributed by atoms with Crippen LogP contribution in [0.5, 0.6) is 0 Å². The molecule has 1 aromatic carbocycles. The maximum Gasteiger partial charge on any atom is 0.227 e. The van der Waals surface area contributed by atoms with Gasteiger partial charge in [0.05, 0.1) is 12.0 Å². The molecule has 1 amide bonds. The number of hydrogen-bond donors (Lipinski definition) is 0. The molecule has 0 N–H and O–H groups in total. The van der Waals surface area contributed by atoms with Crippen LogP contribution in [0.2, 0.25) is 0 Å². The molecule has 0 aromatic heterocycles. The molecule has 17 heavy (non-hydrogen) atoms. The summed E-state index contributed by atoms with van der Waals surface area (Å²) < 4.78 is 13.0. The van der Waals surface area contributed by atoms with Crippen LogP contribution in [-0.4, -0.2) is 29.3 Å². The highest BCUT2D eigenvalue weighted by atomic mass is 35.5. The Kier molecular flexibility index (Phi) is 4.52. The van der Waals surface area contributed by atoms with Gasteiger partial charge in [0.2, 0.25) is 5.91 Å². The van der Waals surface area contributed by atoms with Crippen molar-refractivity contribution in [3.8, 4) is 0 Å². The van der Waals surface area contributed by atoms with Gasteiger partial charge >= 0.3 is 0 Å². The molecule has 0 atom stereocenters. The fourth-order valence-electron chi connectivity index (χ4n) is 1.37. The summed E-state index contributed by atoms with van der Waals surface area (Å²) in [5.41, 5.74) is 0.276. The van der Waals surface area contributed by atoms with Gasteiger partial charge in [-0.25, -0.2) is 4.39 Å². The SMILES string of the molecule is CN(C(=O)Cc1cccc(F)c1)C(C)(C)CCl. The fourth-order valence-corrected chi connectivity index (χ4v) is 1.55. The van der Waals surface area contributed by atoms with Crippen LogP contribution in [-0.2, 0) is 11.2 Å². The molecule has 0 saturated carbocycles. The van der Waals surface area contributed by atoms with E-state index in [4.69, 9.17) is 11.6 Å². The Balaban J connectivity index is 2.73. The van der Waals surface area contributed by atoms with Gasteiger partial charge in [0, 0.05) is 12.9 Å². The van der Waals surface area contributed by atoms with Crippen LogP contribution in [0.15, 0.2) is 24.3 Å². The molecule has 0 heterocycles. The third-order valence-corrected chi connectivity index (χ3v) is 3.51. The van der Waals surface area contributed by atoms with E-state index in [0.29, 0.717) is 11.4 Å². The molecule has 0 aliphatic carbocycles. The Hall–Kier alpha value is -1.09. The van der Waals surface area contributed by atoms with Crippen LogP contribution in [0.3, 0.4) is 0 Å². The Bertz CT molecular complexity index is 406. The minimum atomic E-state index is -0.397. The number of carbonyl (C=O) groups excluding carboxylic acids is 1. The summed E-state index contributed by atoms with van der Waals surface area (Å²) in [6.07, 6.45) is 0.189. The first-order valence-corrected chi connectivity index (χ1v) is 5.97. The molecule has 1 rings (SSSR count). The second kappa shape index (κ2) is 5.50. The number of carbonyl (C=O) groups is 1. The monoisotopic (exact) mass is 257 g/mol. The van der Waals surface area contributed by atoms with E-state index in [1.54, 1.807) is 24.1 Å². The van der Waals surface area contributed by atoms with Crippen molar-refractivity contribution in [1.82, 2.24) is 4.90 Å². The van der Waals surface area contributed by atoms with Gasteiger partial charge in [-0.15, -0.1) is 11.6 Å². The molecule has 0 aliphatic heterocycles. The van der Waals surface area contributed by atoms with Gasteiger partial charge in [-0.1, -0.05) is 12.1 Å². The number of alkyl halides is 1. The molecule has 4 heteroatoms. The zero-order valence-corrected chi connectivity index (χ0v) is 11.1. The summed E-state index contributed by atoms with van der Waals surface area (Å²) in [6.45, 7) is 3.78. The van der Waals surface area contributed by atoms with E-state index < -0.39 is 5.54 Å². The van der Waals surface area contributed by atoms with Gasteiger partial charge in [-0.2, -0.15) is 0 Å². The highest BCUT2D eigenvalue weighted by Crippen LogP contribution is 2.16. The lowest BCUT2D eigenvalue weighted by Gasteiger charge is -2.34. The Morgan fingerprint density at radius 1 is 1.47 bits per heavy atom. The molecule has 0 bridgehead atoms.